The number of carbonyl (C=O) groups is 5. The first-order valence-electron chi connectivity index (χ1n) is 14.1. The summed E-state index contributed by atoms with van der Waals surface area (Å²) in [7, 11) is 0. The quantitative estimate of drug-likeness (QED) is 0.189. The number of hydrogen-bond donors (Lipinski definition) is 3. The average Bonchev–Trinajstić information content (AvgIpc) is 2.88. The summed E-state index contributed by atoms with van der Waals surface area (Å²) in [5.41, 5.74) is 5.81. The highest BCUT2D eigenvalue weighted by atomic mass is 16.6. The van der Waals surface area contributed by atoms with Crippen LogP contribution >= 0.6 is 0 Å². The van der Waals surface area contributed by atoms with Gasteiger partial charge < -0.3 is 30.7 Å². The van der Waals surface area contributed by atoms with Gasteiger partial charge in [-0.1, -0.05) is 57.0 Å². The first kappa shape index (κ1) is 35.1. The SMILES string of the molecule is C=Cc1cccc(C(C(=O)NCCC(=O)OCC)N(CCCCCC)C(=O)C(CC(N)=O)NC(=O)OC(C)(C)C)c1. The van der Waals surface area contributed by atoms with E-state index in [2.05, 4.69) is 24.1 Å². The van der Waals surface area contributed by atoms with Crippen LogP contribution in [0.3, 0.4) is 0 Å². The molecule has 228 valence electrons. The molecule has 0 aliphatic carbocycles. The zero-order valence-electron chi connectivity index (χ0n) is 25.0. The fourth-order valence-electron chi connectivity index (χ4n) is 4.07. The van der Waals surface area contributed by atoms with Crippen LogP contribution in [0.1, 0.15) is 90.3 Å². The summed E-state index contributed by atoms with van der Waals surface area (Å²) in [4.78, 5) is 65.5. The van der Waals surface area contributed by atoms with Gasteiger partial charge in [0.15, 0.2) is 0 Å². The van der Waals surface area contributed by atoms with Crippen molar-refractivity contribution in [2.24, 2.45) is 5.73 Å². The van der Waals surface area contributed by atoms with E-state index >= 15 is 0 Å². The van der Waals surface area contributed by atoms with Crippen LogP contribution in [-0.2, 0) is 28.7 Å². The van der Waals surface area contributed by atoms with Gasteiger partial charge in [-0.05, 0) is 51.3 Å². The molecule has 4 N–H and O–H groups in total. The lowest BCUT2D eigenvalue weighted by molar-refractivity contribution is -0.144. The summed E-state index contributed by atoms with van der Waals surface area (Å²) in [5, 5.41) is 5.20. The summed E-state index contributed by atoms with van der Waals surface area (Å²) >= 11 is 0. The van der Waals surface area contributed by atoms with Crippen LogP contribution in [0.25, 0.3) is 6.08 Å². The van der Waals surface area contributed by atoms with Gasteiger partial charge in [0.05, 0.1) is 19.4 Å². The normalized spacial score (nSPS) is 12.4. The number of nitrogens with zero attached hydrogens (tertiary/aromatic N) is 1. The number of ether oxygens (including phenoxy) is 2. The van der Waals surface area contributed by atoms with Crippen molar-refractivity contribution in [2.75, 3.05) is 19.7 Å². The van der Waals surface area contributed by atoms with Gasteiger partial charge in [-0.2, -0.15) is 0 Å². The van der Waals surface area contributed by atoms with Crippen LogP contribution in [0.2, 0.25) is 0 Å². The molecule has 0 saturated heterocycles. The van der Waals surface area contributed by atoms with Crippen molar-refractivity contribution in [1.82, 2.24) is 15.5 Å². The molecule has 4 amide bonds. The number of esters is 1. The summed E-state index contributed by atoms with van der Waals surface area (Å²) in [6.07, 6.45) is 3.43. The minimum Gasteiger partial charge on any atom is -0.466 e. The number of carbonyl (C=O) groups excluding carboxylic acids is 5. The third kappa shape index (κ3) is 13.3. The van der Waals surface area contributed by atoms with E-state index in [4.69, 9.17) is 15.2 Å². The highest BCUT2D eigenvalue weighted by Gasteiger charge is 2.36. The first-order chi connectivity index (χ1) is 19.3. The molecule has 0 aliphatic rings. The van der Waals surface area contributed by atoms with Crippen molar-refractivity contribution in [3.05, 3.63) is 42.0 Å². The monoisotopic (exact) mass is 574 g/mol. The summed E-state index contributed by atoms with van der Waals surface area (Å²) in [6.45, 7) is 12.9. The number of unbranched alkanes of at least 4 members (excludes halogenated alkanes) is 3. The van der Waals surface area contributed by atoms with Crippen molar-refractivity contribution in [2.45, 2.75) is 90.8 Å². The Kier molecular flexibility index (Phi) is 15.2. The number of primary amides is 1. The molecule has 41 heavy (non-hydrogen) atoms. The average molecular weight is 575 g/mol. The second-order valence-corrected chi connectivity index (χ2v) is 10.6. The van der Waals surface area contributed by atoms with E-state index < -0.39 is 53.9 Å². The minimum atomic E-state index is -1.37. The molecule has 2 unspecified atom stereocenters. The lowest BCUT2D eigenvalue weighted by atomic mass is 9.99. The summed E-state index contributed by atoms with van der Waals surface area (Å²) in [5.74, 6) is -2.47. The van der Waals surface area contributed by atoms with Gasteiger partial charge in [-0.3, -0.25) is 19.2 Å². The van der Waals surface area contributed by atoms with Crippen molar-refractivity contribution in [1.29, 1.82) is 0 Å². The standard InChI is InChI=1S/C30H46N4O7/c1-7-10-11-12-18-34(28(38)23(20-24(31)35)33-29(39)41-30(4,5)6)26(22-15-13-14-21(8-2)19-22)27(37)32-17-16-25(36)40-9-3/h8,13-15,19,23,26H,2,7,9-12,16-18,20H2,1,3-6H3,(H2,31,35)(H,32,37)(H,33,39). The maximum Gasteiger partial charge on any atom is 0.408 e. The van der Waals surface area contributed by atoms with Gasteiger partial charge in [0.25, 0.3) is 0 Å². The third-order valence-electron chi connectivity index (χ3n) is 5.89. The number of nitrogens with two attached hydrogens (primary N) is 1. The number of hydrogen-bond acceptors (Lipinski definition) is 7. The molecular weight excluding hydrogens is 528 g/mol. The predicted molar refractivity (Wildman–Crippen MR) is 156 cm³/mol. The largest absolute Gasteiger partial charge is 0.466 e. The Labute approximate surface area is 243 Å². The molecule has 2 atom stereocenters. The minimum absolute atomic E-state index is 0.00590. The van der Waals surface area contributed by atoms with E-state index in [0.29, 0.717) is 12.0 Å². The molecule has 1 aromatic rings. The smallest absolute Gasteiger partial charge is 0.408 e. The van der Waals surface area contributed by atoms with E-state index in [1.165, 1.54) is 4.90 Å². The Bertz CT molecular complexity index is 1050. The van der Waals surface area contributed by atoms with Crippen LogP contribution in [0, 0.1) is 0 Å². The molecule has 0 spiro atoms. The Hall–Kier alpha value is -3.89. The maximum absolute atomic E-state index is 14.1. The Morgan fingerprint density at radius 2 is 1.80 bits per heavy atom. The fraction of sp³-hybridized carbons (Fsp3) is 0.567. The predicted octanol–water partition coefficient (Wildman–Crippen LogP) is 3.62. The number of nitrogens with one attached hydrogen (secondary N) is 2. The summed E-state index contributed by atoms with van der Waals surface area (Å²) in [6, 6.07) is 4.48. The number of alkyl carbamates (subject to hydrolysis) is 1. The molecular formula is C30H46N4O7. The van der Waals surface area contributed by atoms with Crippen LogP contribution in [0.4, 0.5) is 4.79 Å². The second-order valence-electron chi connectivity index (χ2n) is 10.6. The third-order valence-corrected chi connectivity index (χ3v) is 5.89. The lowest BCUT2D eigenvalue weighted by Gasteiger charge is -2.34. The Balaban J connectivity index is 3.50. The molecule has 1 rings (SSSR count). The number of rotatable bonds is 17. The molecule has 0 aliphatic heterocycles. The van der Waals surface area contributed by atoms with Gasteiger partial charge in [0.1, 0.15) is 17.7 Å². The molecule has 11 nitrogen and oxygen atoms in total. The van der Waals surface area contributed by atoms with Gasteiger partial charge in [-0.15, -0.1) is 0 Å². The number of amides is 4. The maximum atomic E-state index is 14.1. The van der Waals surface area contributed by atoms with Gasteiger partial charge in [0.2, 0.25) is 17.7 Å². The first-order valence-corrected chi connectivity index (χ1v) is 14.1. The number of benzene rings is 1. The molecule has 11 heteroatoms. The van der Waals surface area contributed by atoms with Crippen LogP contribution in [-0.4, -0.2) is 66.0 Å². The summed E-state index contributed by atoms with van der Waals surface area (Å²) < 4.78 is 10.2. The van der Waals surface area contributed by atoms with E-state index in [0.717, 1.165) is 24.8 Å². The van der Waals surface area contributed by atoms with Gasteiger partial charge >= 0.3 is 12.1 Å². The van der Waals surface area contributed by atoms with Crippen molar-refractivity contribution >= 4 is 35.9 Å². The molecule has 0 aromatic heterocycles. The van der Waals surface area contributed by atoms with Crippen LogP contribution < -0.4 is 16.4 Å². The van der Waals surface area contributed by atoms with E-state index in [-0.39, 0.29) is 26.1 Å². The highest BCUT2D eigenvalue weighted by molar-refractivity contribution is 5.94. The van der Waals surface area contributed by atoms with Crippen molar-refractivity contribution < 1.29 is 33.4 Å². The topological polar surface area (TPSA) is 157 Å². The Morgan fingerprint density at radius 3 is 2.39 bits per heavy atom. The van der Waals surface area contributed by atoms with Gasteiger partial charge in [-0.25, -0.2) is 4.79 Å². The fourth-order valence-corrected chi connectivity index (χ4v) is 4.07. The van der Waals surface area contributed by atoms with E-state index in [9.17, 15) is 24.0 Å². The second kappa shape index (κ2) is 17.7. The van der Waals surface area contributed by atoms with E-state index in [1.807, 2.05) is 0 Å². The zero-order chi connectivity index (χ0) is 31.0. The van der Waals surface area contributed by atoms with Crippen LogP contribution in [0.5, 0.6) is 0 Å². The Morgan fingerprint density at radius 1 is 1.10 bits per heavy atom. The van der Waals surface area contributed by atoms with Crippen molar-refractivity contribution in [3.63, 3.8) is 0 Å². The molecule has 0 saturated carbocycles. The molecule has 0 bridgehead atoms. The molecule has 0 radical (unpaired) electrons. The molecule has 1 aromatic carbocycles. The van der Waals surface area contributed by atoms with Gasteiger partial charge in [0, 0.05) is 13.1 Å². The zero-order valence-corrected chi connectivity index (χ0v) is 25.0. The lowest BCUT2D eigenvalue weighted by Crippen LogP contribution is -2.54. The molecule has 0 fully saturated rings. The van der Waals surface area contributed by atoms with E-state index in [1.54, 1.807) is 58.0 Å². The van der Waals surface area contributed by atoms with Crippen molar-refractivity contribution in [3.8, 4) is 0 Å². The highest BCUT2D eigenvalue weighted by Crippen LogP contribution is 2.25. The van der Waals surface area contributed by atoms with Crippen LogP contribution in [0.15, 0.2) is 30.8 Å². The molecule has 0 heterocycles.